The van der Waals surface area contributed by atoms with Gasteiger partial charge in [0.15, 0.2) is 11.6 Å². The largest absolute Gasteiger partial charge is 0.350 e. The molecule has 0 spiro atoms. The summed E-state index contributed by atoms with van der Waals surface area (Å²) in [6.45, 7) is 3.47. The molecule has 0 radical (unpaired) electrons. The summed E-state index contributed by atoms with van der Waals surface area (Å²) in [6, 6.07) is 1.46. The Bertz CT molecular complexity index is 399. The Kier molecular flexibility index (Phi) is 3.84. The highest BCUT2D eigenvalue weighted by molar-refractivity contribution is 6.30. The summed E-state index contributed by atoms with van der Waals surface area (Å²) in [5, 5.41) is 0.320. The van der Waals surface area contributed by atoms with Gasteiger partial charge < -0.3 is 10.6 Å². The van der Waals surface area contributed by atoms with Crippen LogP contribution in [0.25, 0.3) is 0 Å². The number of rotatable bonds is 2. The van der Waals surface area contributed by atoms with Gasteiger partial charge in [-0.2, -0.15) is 0 Å². The predicted molar refractivity (Wildman–Crippen MR) is 67.8 cm³/mol. The highest BCUT2D eigenvalue weighted by Crippen LogP contribution is 2.29. The van der Waals surface area contributed by atoms with Crippen LogP contribution in [0.4, 0.5) is 10.2 Å². The number of halogens is 2. The molecule has 2 atom stereocenters. The number of nitrogens with two attached hydrogens (primary N) is 1. The van der Waals surface area contributed by atoms with E-state index < -0.39 is 0 Å². The maximum Gasteiger partial charge on any atom is 0.167 e. The van der Waals surface area contributed by atoms with Gasteiger partial charge in [0, 0.05) is 25.3 Å². The van der Waals surface area contributed by atoms with Crippen LogP contribution in [0.1, 0.15) is 19.8 Å². The van der Waals surface area contributed by atoms with Crippen LogP contribution >= 0.6 is 11.6 Å². The van der Waals surface area contributed by atoms with E-state index in [1.54, 1.807) is 0 Å². The molecule has 1 aromatic rings. The maximum absolute atomic E-state index is 13.8. The van der Waals surface area contributed by atoms with Crippen molar-refractivity contribution >= 4 is 17.4 Å². The summed E-state index contributed by atoms with van der Waals surface area (Å²) in [6.07, 6.45) is 3.65. The third-order valence-electron chi connectivity index (χ3n) is 3.42. The first-order valence-electron chi connectivity index (χ1n) is 5.91. The lowest BCUT2D eigenvalue weighted by Crippen LogP contribution is -2.49. The lowest BCUT2D eigenvalue weighted by Gasteiger charge is -2.40. The number of hydrogen-bond acceptors (Lipinski definition) is 3. The molecule has 2 rings (SSSR count). The molecule has 2 N–H and O–H groups in total. The van der Waals surface area contributed by atoms with E-state index in [9.17, 15) is 4.39 Å². The Morgan fingerprint density at radius 1 is 1.65 bits per heavy atom. The summed E-state index contributed by atoms with van der Waals surface area (Å²) in [5.41, 5.74) is 5.78. The van der Waals surface area contributed by atoms with Crippen molar-refractivity contribution in [3.63, 3.8) is 0 Å². The molecular weight excluding hydrogens is 241 g/mol. The van der Waals surface area contributed by atoms with E-state index in [1.165, 1.54) is 12.3 Å². The molecule has 1 aliphatic rings. The Balaban J connectivity index is 2.30. The molecule has 2 heterocycles. The monoisotopic (exact) mass is 257 g/mol. The minimum atomic E-state index is -0.370. The summed E-state index contributed by atoms with van der Waals surface area (Å²) in [7, 11) is 0. The number of aromatic nitrogens is 1. The second kappa shape index (κ2) is 5.19. The zero-order chi connectivity index (χ0) is 12.4. The van der Waals surface area contributed by atoms with Crippen LogP contribution in [0.5, 0.6) is 0 Å². The molecule has 2 unspecified atom stereocenters. The van der Waals surface area contributed by atoms with Crippen molar-refractivity contribution in [2.24, 2.45) is 11.7 Å². The summed E-state index contributed by atoms with van der Waals surface area (Å²) >= 11 is 5.71. The van der Waals surface area contributed by atoms with Crippen LogP contribution in [0, 0.1) is 11.7 Å². The first-order valence-corrected chi connectivity index (χ1v) is 6.29. The molecule has 3 nitrogen and oxygen atoms in total. The quantitative estimate of drug-likeness (QED) is 0.885. The molecule has 1 fully saturated rings. The van der Waals surface area contributed by atoms with Crippen molar-refractivity contribution in [1.82, 2.24) is 4.98 Å². The van der Waals surface area contributed by atoms with Gasteiger partial charge in [0.05, 0.1) is 5.02 Å². The second-order valence-corrected chi connectivity index (χ2v) is 5.01. The van der Waals surface area contributed by atoms with Crippen molar-refractivity contribution < 1.29 is 4.39 Å². The average Bonchev–Trinajstić information content (AvgIpc) is 2.29. The Morgan fingerprint density at radius 2 is 2.41 bits per heavy atom. The number of nitrogens with zero attached hydrogens (tertiary/aromatic N) is 2. The summed E-state index contributed by atoms with van der Waals surface area (Å²) in [5.74, 6) is 0.465. The van der Waals surface area contributed by atoms with E-state index in [4.69, 9.17) is 17.3 Å². The van der Waals surface area contributed by atoms with Crippen LogP contribution in [-0.2, 0) is 0 Å². The van der Waals surface area contributed by atoms with E-state index in [0.29, 0.717) is 23.3 Å². The standard InChI is InChI=1S/C12H17ClFN3/c1-8-3-2-4-17(11(8)6-15)12-10(14)5-9(13)7-16-12/h5,7-8,11H,2-4,6,15H2,1H3. The molecule has 5 heteroatoms. The van der Waals surface area contributed by atoms with E-state index >= 15 is 0 Å². The van der Waals surface area contributed by atoms with Crippen LogP contribution < -0.4 is 10.6 Å². The molecule has 0 aromatic carbocycles. The molecule has 0 bridgehead atoms. The lowest BCUT2D eigenvalue weighted by molar-refractivity contribution is 0.345. The van der Waals surface area contributed by atoms with Crippen LogP contribution in [-0.4, -0.2) is 24.1 Å². The van der Waals surface area contributed by atoms with E-state index in [-0.39, 0.29) is 11.9 Å². The third-order valence-corrected chi connectivity index (χ3v) is 3.62. The highest BCUT2D eigenvalue weighted by atomic mass is 35.5. The SMILES string of the molecule is CC1CCCN(c2ncc(Cl)cc2F)C1CN. The Hall–Kier alpha value is -0.870. The van der Waals surface area contributed by atoms with Gasteiger partial charge in [0.25, 0.3) is 0 Å². The van der Waals surface area contributed by atoms with Crippen LogP contribution in [0.3, 0.4) is 0 Å². The van der Waals surface area contributed by atoms with Crippen molar-refractivity contribution in [3.8, 4) is 0 Å². The second-order valence-electron chi connectivity index (χ2n) is 4.57. The topological polar surface area (TPSA) is 42.2 Å². The summed E-state index contributed by atoms with van der Waals surface area (Å²) in [4.78, 5) is 6.07. The van der Waals surface area contributed by atoms with Crippen molar-refractivity contribution in [1.29, 1.82) is 0 Å². The third kappa shape index (κ3) is 2.53. The van der Waals surface area contributed by atoms with Crippen molar-refractivity contribution in [2.45, 2.75) is 25.8 Å². The fourth-order valence-corrected chi connectivity index (χ4v) is 2.63. The highest BCUT2D eigenvalue weighted by Gasteiger charge is 2.29. The van der Waals surface area contributed by atoms with Gasteiger partial charge in [-0.15, -0.1) is 0 Å². The van der Waals surface area contributed by atoms with Gasteiger partial charge in [-0.3, -0.25) is 0 Å². The lowest BCUT2D eigenvalue weighted by atomic mass is 9.91. The number of hydrogen-bond donors (Lipinski definition) is 1. The van der Waals surface area contributed by atoms with Gasteiger partial charge in [0.1, 0.15) is 0 Å². The molecular formula is C12H17ClFN3. The number of anilines is 1. The van der Waals surface area contributed by atoms with E-state index in [1.807, 2.05) is 4.90 Å². The predicted octanol–water partition coefficient (Wildman–Crippen LogP) is 2.44. The summed E-state index contributed by atoms with van der Waals surface area (Å²) < 4.78 is 13.8. The molecule has 0 aliphatic carbocycles. The smallest absolute Gasteiger partial charge is 0.167 e. The van der Waals surface area contributed by atoms with E-state index in [2.05, 4.69) is 11.9 Å². The fraction of sp³-hybridized carbons (Fsp3) is 0.583. The number of piperidine rings is 1. The first kappa shape index (κ1) is 12.6. The van der Waals surface area contributed by atoms with Gasteiger partial charge in [-0.25, -0.2) is 9.37 Å². The van der Waals surface area contributed by atoms with Crippen LogP contribution in [0.2, 0.25) is 5.02 Å². The van der Waals surface area contributed by atoms with Gasteiger partial charge in [-0.1, -0.05) is 18.5 Å². The minimum Gasteiger partial charge on any atom is -0.350 e. The molecule has 0 saturated carbocycles. The zero-order valence-corrected chi connectivity index (χ0v) is 10.6. The zero-order valence-electron chi connectivity index (χ0n) is 9.87. The normalized spacial score (nSPS) is 25.1. The van der Waals surface area contributed by atoms with Gasteiger partial charge in [-0.05, 0) is 24.8 Å². The van der Waals surface area contributed by atoms with Gasteiger partial charge in [0.2, 0.25) is 0 Å². The van der Waals surface area contributed by atoms with Crippen molar-refractivity contribution in [2.75, 3.05) is 18.0 Å². The van der Waals surface area contributed by atoms with E-state index in [0.717, 1.165) is 19.4 Å². The first-order chi connectivity index (χ1) is 8.13. The maximum atomic E-state index is 13.8. The molecule has 1 aliphatic heterocycles. The van der Waals surface area contributed by atoms with Crippen LogP contribution in [0.15, 0.2) is 12.3 Å². The molecule has 1 saturated heterocycles. The Morgan fingerprint density at radius 3 is 3.06 bits per heavy atom. The van der Waals surface area contributed by atoms with Gasteiger partial charge >= 0.3 is 0 Å². The fourth-order valence-electron chi connectivity index (χ4n) is 2.49. The molecule has 94 valence electrons. The molecule has 0 amide bonds. The number of pyridine rings is 1. The van der Waals surface area contributed by atoms with Crippen molar-refractivity contribution in [3.05, 3.63) is 23.1 Å². The average molecular weight is 258 g/mol. The minimum absolute atomic E-state index is 0.159. The molecule has 1 aromatic heterocycles. The Labute approximate surface area is 106 Å². The molecule has 17 heavy (non-hydrogen) atoms.